The molecule has 0 radical (unpaired) electrons. The smallest absolute Gasteiger partial charge is 0.248 e. The highest BCUT2D eigenvalue weighted by atomic mass is 16.5. The molecule has 0 fully saturated rings. The standard InChI is InChI=1S/C22H27NO2/c1-5-16-25-20-13-6-17(7-14-20)8-15-21(24)23-19-11-9-18(10-12-19)22(2,3)4/h6-15H,5,16H2,1-4H3,(H,23,24)/b15-8+. The average Bonchev–Trinajstić information content (AvgIpc) is 2.59. The fraction of sp³-hybridized carbons (Fsp3) is 0.318. The maximum atomic E-state index is 12.1. The Labute approximate surface area is 150 Å². The third-order valence-corrected chi connectivity index (χ3v) is 3.80. The van der Waals surface area contributed by atoms with Gasteiger partial charge in [-0.05, 0) is 53.3 Å². The highest BCUT2D eigenvalue weighted by molar-refractivity contribution is 6.01. The summed E-state index contributed by atoms with van der Waals surface area (Å²) >= 11 is 0. The number of rotatable bonds is 6. The second kappa shape index (κ2) is 8.52. The van der Waals surface area contributed by atoms with Gasteiger partial charge < -0.3 is 10.1 Å². The lowest BCUT2D eigenvalue weighted by Gasteiger charge is -2.19. The van der Waals surface area contributed by atoms with Crippen molar-refractivity contribution in [3.05, 3.63) is 65.7 Å². The number of carbonyl (C=O) groups excluding carboxylic acids is 1. The summed E-state index contributed by atoms with van der Waals surface area (Å²) in [5.41, 5.74) is 3.11. The first kappa shape index (κ1) is 18.8. The van der Waals surface area contributed by atoms with Gasteiger partial charge in [0.2, 0.25) is 5.91 Å². The molecule has 0 bridgehead atoms. The minimum Gasteiger partial charge on any atom is -0.494 e. The molecule has 0 heterocycles. The van der Waals surface area contributed by atoms with Gasteiger partial charge in [-0.1, -0.05) is 52.0 Å². The summed E-state index contributed by atoms with van der Waals surface area (Å²) in [6.07, 6.45) is 4.32. The molecule has 2 rings (SSSR count). The molecule has 0 aliphatic heterocycles. The molecule has 2 aromatic rings. The number of anilines is 1. The second-order valence-electron chi connectivity index (χ2n) is 7.07. The van der Waals surface area contributed by atoms with Gasteiger partial charge in [0.05, 0.1) is 6.61 Å². The Hall–Kier alpha value is -2.55. The SMILES string of the molecule is CCCOc1ccc(/C=C/C(=O)Nc2ccc(C(C)(C)C)cc2)cc1. The van der Waals surface area contributed by atoms with E-state index in [1.807, 2.05) is 48.5 Å². The van der Waals surface area contributed by atoms with Crippen molar-refractivity contribution in [2.45, 2.75) is 39.5 Å². The zero-order valence-electron chi connectivity index (χ0n) is 15.5. The van der Waals surface area contributed by atoms with Gasteiger partial charge in [-0.25, -0.2) is 0 Å². The van der Waals surface area contributed by atoms with Crippen molar-refractivity contribution in [2.24, 2.45) is 0 Å². The van der Waals surface area contributed by atoms with Crippen LogP contribution in [-0.2, 0) is 10.2 Å². The molecular weight excluding hydrogens is 310 g/mol. The molecule has 132 valence electrons. The van der Waals surface area contributed by atoms with Crippen LogP contribution in [0.3, 0.4) is 0 Å². The van der Waals surface area contributed by atoms with Crippen LogP contribution in [-0.4, -0.2) is 12.5 Å². The molecule has 1 N–H and O–H groups in total. The molecule has 25 heavy (non-hydrogen) atoms. The first-order valence-electron chi connectivity index (χ1n) is 8.71. The lowest BCUT2D eigenvalue weighted by Crippen LogP contribution is -2.12. The van der Waals surface area contributed by atoms with Gasteiger partial charge in [-0.2, -0.15) is 0 Å². The lowest BCUT2D eigenvalue weighted by molar-refractivity contribution is -0.111. The second-order valence-corrected chi connectivity index (χ2v) is 7.07. The van der Waals surface area contributed by atoms with Crippen molar-refractivity contribution >= 4 is 17.7 Å². The van der Waals surface area contributed by atoms with Gasteiger partial charge >= 0.3 is 0 Å². The van der Waals surface area contributed by atoms with Crippen molar-refractivity contribution in [3.63, 3.8) is 0 Å². The fourth-order valence-corrected chi connectivity index (χ4v) is 2.30. The number of hydrogen-bond donors (Lipinski definition) is 1. The van der Waals surface area contributed by atoms with Crippen LogP contribution in [0.25, 0.3) is 6.08 Å². The molecule has 3 heteroatoms. The van der Waals surface area contributed by atoms with Gasteiger partial charge in [0, 0.05) is 11.8 Å². The van der Waals surface area contributed by atoms with E-state index in [4.69, 9.17) is 4.74 Å². The number of nitrogens with one attached hydrogen (secondary N) is 1. The summed E-state index contributed by atoms with van der Waals surface area (Å²) in [5, 5.41) is 2.88. The van der Waals surface area contributed by atoms with Crippen LogP contribution in [0, 0.1) is 0 Å². The lowest BCUT2D eigenvalue weighted by atomic mass is 9.87. The first-order chi connectivity index (χ1) is 11.9. The predicted molar refractivity (Wildman–Crippen MR) is 105 cm³/mol. The van der Waals surface area contributed by atoms with E-state index < -0.39 is 0 Å². The summed E-state index contributed by atoms with van der Waals surface area (Å²) in [6.45, 7) is 9.30. The molecule has 0 saturated carbocycles. The molecule has 0 atom stereocenters. The van der Waals surface area contributed by atoms with Crippen LogP contribution in [0.1, 0.15) is 45.2 Å². The summed E-state index contributed by atoms with van der Waals surface area (Å²) in [4.78, 5) is 12.1. The quantitative estimate of drug-likeness (QED) is 0.714. The first-order valence-corrected chi connectivity index (χ1v) is 8.71. The Balaban J connectivity index is 1.92. The molecule has 2 aromatic carbocycles. The summed E-state index contributed by atoms with van der Waals surface area (Å²) in [5.74, 6) is 0.706. The summed E-state index contributed by atoms with van der Waals surface area (Å²) < 4.78 is 5.54. The molecular formula is C22H27NO2. The Bertz CT molecular complexity index is 707. The Morgan fingerprint density at radius 2 is 1.68 bits per heavy atom. The van der Waals surface area contributed by atoms with E-state index in [9.17, 15) is 4.79 Å². The van der Waals surface area contributed by atoms with Crippen LogP contribution in [0.2, 0.25) is 0 Å². The van der Waals surface area contributed by atoms with Crippen LogP contribution in [0.4, 0.5) is 5.69 Å². The highest BCUT2D eigenvalue weighted by Gasteiger charge is 2.12. The minimum absolute atomic E-state index is 0.107. The largest absolute Gasteiger partial charge is 0.494 e. The molecule has 1 amide bonds. The van der Waals surface area contributed by atoms with E-state index in [0.717, 1.165) is 23.4 Å². The van der Waals surface area contributed by atoms with E-state index in [-0.39, 0.29) is 11.3 Å². The topological polar surface area (TPSA) is 38.3 Å². The van der Waals surface area contributed by atoms with Crippen LogP contribution in [0.15, 0.2) is 54.6 Å². The average molecular weight is 337 g/mol. The van der Waals surface area contributed by atoms with Crippen LogP contribution in [0.5, 0.6) is 5.75 Å². The monoisotopic (exact) mass is 337 g/mol. The zero-order chi connectivity index (χ0) is 18.3. The van der Waals surface area contributed by atoms with Crippen LogP contribution < -0.4 is 10.1 Å². The van der Waals surface area contributed by atoms with Gasteiger partial charge in [0.25, 0.3) is 0 Å². The van der Waals surface area contributed by atoms with E-state index in [1.54, 1.807) is 12.2 Å². The van der Waals surface area contributed by atoms with E-state index >= 15 is 0 Å². The molecule has 0 aromatic heterocycles. The molecule has 0 aliphatic rings. The Kier molecular flexibility index (Phi) is 6.40. The van der Waals surface area contributed by atoms with Gasteiger partial charge in [-0.15, -0.1) is 0 Å². The van der Waals surface area contributed by atoms with Gasteiger partial charge in [0.15, 0.2) is 0 Å². The Morgan fingerprint density at radius 3 is 2.24 bits per heavy atom. The fourth-order valence-electron chi connectivity index (χ4n) is 2.30. The zero-order valence-corrected chi connectivity index (χ0v) is 15.5. The van der Waals surface area contributed by atoms with Crippen molar-refractivity contribution < 1.29 is 9.53 Å². The third kappa shape index (κ3) is 6.11. The predicted octanol–water partition coefficient (Wildman–Crippen LogP) is 5.42. The van der Waals surface area contributed by atoms with E-state index in [2.05, 4.69) is 33.0 Å². The van der Waals surface area contributed by atoms with Gasteiger partial charge in [0.1, 0.15) is 5.75 Å². The van der Waals surface area contributed by atoms with E-state index in [0.29, 0.717) is 6.61 Å². The molecule has 3 nitrogen and oxygen atoms in total. The van der Waals surface area contributed by atoms with Crippen LogP contribution >= 0.6 is 0 Å². The molecule has 0 aliphatic carbocycles. The normalized spacial score (nSPS) is 11.5. The number of ether oxygens (including phenoxy) is 1. The van der Waals surface area contributed by atoms with Crippen molar-refractivity contribution in [1.82, 2.24) is 0 Å². The number of amides is 1. The maximum absolute atomic E-state index is 12.1. The maximum Gasteiger partial charge on any atom is 0.248 e. The minimum atomic E-state index is -0.144. The van der Waals surface area contributed by atoms with Crippen molar-refractivity contribution in [3.8, 4) is 5.75 Å². The molecule has 0 unspecified atom stereocenters. The Morgan fingerprint density at radius 1 is 1.04 bits per heavy atom. The molecule has 0 spiro atoms. The van der Waals surface area contributed by atoms with Crippen molar-refractivity contribution in [2.75, 3.05) is 11.9 Å². The summed E-state index contributed by atoms with van der Waals surface area (Å²) in [7, 11) is 0. The molecule has 0 saturated heterocycles. The summed E-state index contributed by atoms with van der Waals surface area (Å²) in [6, 6.07) is 15.7. The van der Waals surface area contributed by atoms with Crippen molar-refractivity contribution in [1.29, 1.82) is 0 Å². The number of benzene rings is 2. The van der Waals surface area contributed by atoms with Gasteiger partial charge in [-0.3, -0.25) is 4.79 Å². The number of hydrogen-bond acceptors (Lipinski definition) is 2. The highest BCUT2D eigenvalue weighted by Crippen LogP contribution is 2.23. The van der Waals surface area contributed by atoms with E-state index in [1.165, 1.54) is 5.56 Å². The third-order valence-electron chi connectivity index (χ3n) is 3.80. The number of carbonyl (C=O) groups is 1.